The number of cyclic esters (lactones) is 1. The summed E-state index contributed by atoms with van der Waals surface area (Å²) in [4.78, 5) is 26.1. The van der Waals surface area contributed by atoms with Crippen LogP contribution in [0.25, 0.3) is 0 Å². The number of anilines is 2. The molecule has 0 aliphatic carbocycles. The van der Waals surface area contributed by atoms with E-state index in [0.717, 1.165) is 0 Å². The van der Waals surface area contributed by atoms with Crippen molar-refractivity contribution < 1.29 is 23.1 Å². The average Bonchev–Trinajstić information content (AvgIpc) is 3.02. The van der Waals surface area contributed by atoms with Crippen molar-refractivity contribution in [2.24, 2.45) is 0 Å². The van der Waals surface area contributed by atoms with Gasteiger partial charge in [-0.05, 0) is 18.2 Å². The molecule has 0 aromatic heterocycles. The van der Waals surface area contributed by atoms with E-state index in [1.165, 1.54) is 17.9 Å². The maximum absolute atomic E-state index is 14.6. The number of rotatable bonds is 5. The van der Waals surface area contributed by atoms with Crippen LogP contribution < -0.4 is 15.1 Å². The molecule has 27 heavy (non-hydrogen) atoms. The van der Waals surface area contributed by atoms with Crippen LogP contribution in [0.15, 0.2) is 18.2 Å². The molecule has 2 aliphatic heterocycles. The van der Waals surface area contributed by atoms with E-state index in [0.29, 0.717) is 24.5 Å². The quantitative estimate of drug-likeness (QED) is 0.771. The fourth-order valence-corrected chi connectivity index (χ4v) is 3.57. The topological polar surface area (TPSA) is 61.9 Å². The first kappa shape index (κ1) is 19.7. The lowest BCUT2D eigenvalue weighted by atomic mass is 9.95. The second kappa shape index (κ2) is 7.88. The smallest absolute Gasteiger partial charge is 0.414 e. The van der Waals surface area contributed by atoms with Crippen LogP contribution in [0.5, 0.6) is 0 Å². The Morgan fingerprint density at radius 2 is 2.11 bits per heavy atom. The molecule has 1 unspecified atom stereocenters. The summed E-state index contributed by atoms with van der Waals surface area (Å²) >= 11 is 5.67. The molecule has 1 N–H and O–H groups in total. The van der Waals surface area contributed by atoms with Crippen LogP contribution in [0.3, 0.4) is 0 Å². The van der Waals surface area contributed by atoms with Crippen molar-refractivity contribution in [3.05, 3.63) is 24.0 Å². The fraction of sp³-hybridized carbons (Fsp3) is 0.556. The Morgan fingerprint density at radius 1 is 1.41 bits per heavy atom. The van der Waals surface area contributed by atoms with E-state index in [-0.39, 0.29) is 37.7 Å². The van der Waals surface area contributed by atoms with Crippen LogP contribution in [0.2, 0.25) is 0 Å². The van der Waals surface area contributed by atoms with Gasteiger partial charge in [0.2, 0.25) is 5.91 Å². The summed E-state index contributed by atoms with van der Waals surface area (Å²) < 4.78 is 34.0. The van der Waals surface area contributed by atoms with E-state index in [1.54, 1.807) is 17.0 Å². The summed E-state index contributed by atoms with van der Waals surface area (Å²) in [5.74, 6) is -0.755. The predicted molar refractivity (Wildman–Crippen MR) is 98.7 cm³/mol. The minimum absolute atomic E-state index is 0.0566. The Morgan fingerprint density at radius 3 is 2.70 bits per heavy atom. The zero-order valence-corrected chi connectivity index (χ0v) is 15.8. The molecule has 0 radical (unpaired) electrons. The summed E-state index contributed by atoms with van der Waals surface area (Å²) in [5.41, 5.74) is -0.640. The standard InChI is InChI=1S/C18H22ClF2N3O3/c1-12(25)22-9-14-10-24(17(26)27-14)13-2-3-16(15(20)8-13)23-6-4-18(21,11-19)5-7-23/h2-3,8,14H,4-7,9-11H2,1H3,(H,22,25). The summed E-state index contributed by atoms with van der Waals surface area (Å²) in [6, 6.07) is 4.50. The molecule has 2 amide bonds. The summed E-state index contributed by atoms with van der Waals surface area (Å²) in [5, 5.41) is 2.59. The van der Waals surface area contributed by atoms with Crippen molar-refractivity contribution in [3.8, 4) is 0 Å². The number of alkyl halides is 2. The number of amides is 2. The van der Waals surface area contributed by atoms with Crippen molar-refractivity contribution in [1.29, 1.82) is 0 Å². The Hall–Kier alpha value is -2.09. The lowest BCUT2D eigenvalue weighted by Crippen LogP contribution is -2.43. The highest BCUT2D eigenvalue weighted by Gasteiger charge is 2.35. The van der Waals surface area contributed by atoms with Crippen LogP contribution in [0, 0.1) is 5.82 Å². The fourth-order valence-electron chi connectivity index (χ4n) is 3.30. The largest absolute Gasteiger partial charge is 0.442 e. The van der Waals surface area contributed by atoms with E-state index in [1.807, 2.05) is 0 Å². The van der Waals surface area contributed by atoms with Gasteiger partial charge in [0.1, 0.15) is 17.6 Å². The van der Waals surface area contributed by atoms with Crippen molar-refractivity contribution in [2.45, 2.75) is 31.5 Å². The van der Waals surface area contributed by atoms with E-state index in [9.17, 15) is 18.4 Å². The number of hydrogen-bond donors (Lipinski definition) is 1. The van der Waals surface area contributed by atoms with Gasteiger partial charge in [0, 0.05) is 32.9 Å². The molecule has 3 rings (SSSR count). The number of hydrogen-bond acceptors (Lipinski definition) is 4. The van der Waals surface area contributed by atoms with Gasteiger partial charge in [-0.25, -0.2) is 13.6 Å². The van der Waals surface area contributed by atoms with Gasteiger partial charge in [-0.1, -0.05) is 0 Å². The number of carbonyl (C=O) groups excluding carboxylic acids is 2. The monoisotopic (exact) mass is 401 g/mol. The minimum Gasteiger partial charge on any atom is -0.442 e. The minimum atomic E-state index is -1.39. The zero-order valence-electron chi connectivity index (χ0n) is 15.0. The number of piperidine rings is 1. The molecule has 2 heterocycles. The van der Waals surface area contributed by atoms with E-state index in [4.69, 9.17) is 16.3 Å². The highest BCUT2D eigenvalue weighted by atomic mass is 35.5. The maximum atomic E-state index is 14.6. The third-order valence-electron chi connectivity index (χ3n) is 4.94. The molecule has 9 heteroatoms. The molecule has 6 nitrogen and oxygen atoms in total. The number of benzene rings is 1. The van der Waals surface area contributed by atoms with Gasteiger partial charge in [0.25, 0.3) is 0 Å². The predicted octanol–water partition coefficient (Wildman–Crippen LogP) is 2.83. The second-order valence-electron chi connectivity index (χ2n) is 6.96. The molecule has 1 aromatic carbocycles. The molecule has 1 atom stereocenters. The van der Waals surface area contributed by atoms with Crippen molar-refractivity contribution >= 4 is 35.0 Å². The van der Waals surface area contributed by atoms with Gasteiger partial charge in [0.05, 0.1) is 30.3 Å². The Balaban J connectivity index is 1.67. The lowest BCUT2D eigenvalue weighted by Gasteiger charge is -2.36. The number of ether oxygens (including phenoxy) is 1. The van der Waals surface area contributed by atoms with Gasteiger partial charge >= 0.3 is 6.09 Å². The average molecular weight is 402 g/mol. The zero-order chi connectivity index (χ0) is 19.6. The Kier molecular flexibility index (Phi) is 5.74. The third kappa shape index (κ3) is 4.43. The van der Waals surface area contributed by atoms with Gasteiger partial charge in [-0.3, -0.25) is 9.69 Å². The second-order valence-corrected chi connectivity index (χ2v) is 7.23. The van der Waals surface area contributed by atoms with Crippen molar-refractivity contribution in [2.75, 3.05) is 41.9 Å². The van der Waals surface area contributed by atoms with Crippen molar-refractivity contribution in [1.82, 2.24) is 5.32 Å². The number of halogens is 3. The van der Waals surface area contributed by atoms with E-state index >= 15 is 0 Å². The van der Waals surface area contributed by atoms with E-state index < -0.39 is 23.7 Å². The summed E-state index contributed by atoms with van der Waals surface area (Å²) in [6.45, 7) is 2.57. The van der Waals surface area contributed by atoms with Crippen LogP contribution in [0.4, 0.5) is 25.0 Å². The maximum Gasteiger partial charge on any atom is 0.414 e. The van der Waals surface area contributed by atoms with Gasteiger partial charge in [-0.2, -0.15) is 0 Å². The molecule has 2 aliphatic rings. The number of nitrogens with zero attached hydrogens (tertiary/aromatic N) is 2. The van der Waals surface area contributed by atoms with Crippen LogP contribution in [-0.4, -0.2) is 55.8 Å². The van der Waals surface area contributed by atoms with Crippen LogP contribution in [-0.2, 0) is 9.53 Å². The first-order valence-corrected chi connectivity index (χ1v) is 9.37. The molecule has 0 bridgehead atoms. The SMILES string of the molecule is CC(=O)NCC1CN(c2ccc(N3CCC(F)(CCl)CC3)c(F)c2)C(=O)O1. The molecule has 0 spiro atoms. The lowest BCUT2D eigenvalue weighted by molar-refractivity contribution is -0.119. The highest BCUT2D eigenvalue weighted by molar-refractivity contribution is 6.18. The molecule has 2 saturated heterocycles. The van der Waals surface area contributed by atoms with Gasteiger partial charge in [0.15, 0.2) is 0 Å². The van der Waals surface area contributed by atoms with E-state index in [2.05, 4.69) is 5.32 Å². The first-order valence-electron chi connectivity index (χ1n) is 8.83. The molecule has 1 aromatic rings. The highest BCUT2D eigenvalue weighted by Crippen LogP contribution is 2.33. The molecular weight excluding hydrogens is 380 g/mol. The third-order valence-corrected chi connectivity index (χ3v) is 5.41. The Bertz CT molecular complexity index is 726. The number of carbonyl (C=O) groups is 2. The summed E-state index contributed by atoms with van der Waals surface area (Å²) in [6.07, 6.45) is -0.568. The van der Waals surface area contributed by atoms with Crippen LogP contribution >= 0.6 is 11.6 Å². The van der Waals surface area contributed by atoms with Crippen molar-refractivity contribution in [3.63, 3.8) is 0 Å². The van der Waals surface area contributed by atoms with Crippen LogP contribution in [0.1, 0.15) is 19.8 Å². The normalized spacial score (nSPS) is 21.9. The molecule has 0 saturated carbocycles. The Labute approximate surface area is 161 Å². The van der Waals surface area contributed by atoms with Gasteiger partial charge < -0.3 is 15.0 Å². The van der Waals surface area contributed by atoms with Gasteiger partial charge in [-0.15, -0.1) is 11.6 Å². The number of nitrogens with one attached hydrogen (secondary N) is 1. The summed E-state index contributed by atoms with van der Waals surface area (Å²) in [7, 11) is 0. The molecular formula is C18H22ClF2N3O3. The molecule has 148 valence electrons. The molecule has 2 fully saturated rings. The first-order chi connectivity index (χ1) is 12.8.